The minimum Gasteiger partial charge on any atom is -0.154 e. The summed E-state index contributed by atoms with van der Waals surface area (Å²) in [6.45, 7) is 63.1. The fraction of sp³-hybridized carbons (Fsp3) is 0.445. The maximum Gasteiger partial charge on any atom is 0.351 e. The molecule has 6 aromatic heterocycles. The molecule has 12 heterocycles. The molecule has 6 aliphatic rings. The zero-order chi connectivity index (χ0) is 108. The lowest BCUT2D eigenvalue weighted by Crippen LogP contribution is -2.51. The van der Waals surface area contributed by atoms with Gasteiger partial charge in [0.25, 0.3) is 34.9 Å². The van der Waals surface area contributed by atoms with E-state index in [1.54, 1.807) is 18.5 Å². The standard InChI is InChI=1S/2C24H30N3.C22H26N3.C17H24N3.2C16H22N3/c2*1-15-12-16(2)14-18(13-15)21-25-22-24(6,7)23(4,5)19-11-9-10-17(3)20(19)27(22)26(21)8;1-15-11-10-14-17-18(15)25-20(22(4,5)21(17,2)3)23-19(24(25)6)16-12-8-7-9-13-16;1-11-9-8-10-13-14(11)20-15(18-12(2)19(20)7)17(5,6)16(13,3)4;2*1-11-8-7-9-12-13(11)19-14(17-10-18(19)6)16(4,5)15(12,2)3/h2*9-14H,1-8H3;7-14H,1-6H3;8-10H,1-7H3;2*7-10H,1-6H3/q6*+1/i1D3;;;5D3;4D3;. The van der Waals surface area contributed by atoms with Gasteiger partial charge in [0.2, 0.25) is 0 Å². The number of para-hydroxylation sites is 6. The van der Waals surface area contributed by atoms with Gasteiger partial charge in [-0.1, -0.05) is 223 Å². The maximum absolute atomic E-state index is 8.26. The van der Waals surface area contributed by atoms with Gasteiger partial charge in [0.1, 0.15) is 42.3 Å². The highest BCUT2D eigenvalue weighted by atomic mass is 15.5. The molecule has 9 aromatic carbocycles. The van der Waals surface area contributed by atoms with Crippen LogP contribution in [0.2, 0.25) is 0 Å². The molecule has 6 aliphatic heterocycles. The molecule has 0 fully saturated rings. The van der Waals surface area contributed by atoms with Gasteiger partial charge in [-0.2, -0.15) is 14.0 Å². The maximum atomic E-state index is 8.26. The van der Waals surface area contributed by atoms with E-state index in [2.05, 4.69) is 367 Å². The van der Waals surface area contributed by atoms with Crippen LogP contribution in [0.4, 0.5) is 0 Å². The van der Waals surface area contributed by atoms with Gasteiger partial charge >= 0.3 is 36.0 Å². The van der Waals surface area contributed by atoms with Crippen molar-refractivity contribution in [2.75, 3.05) is 0 Å². The van der Waals surface area contributed by atoms with Crippen LogP contribution in [0.25, 0.3) is 68.3 Å². The highest BCUT2D eigenvalue weighted by Crippen LogP contribution is 2.57. The van der Waals surface area contributed by atoms with E-state index in [4.69, 9.17) is 27.3 Å². The molecule has 0 radical (unpaired) electrons. The number of nitrogens with zero attached hydrogens (tertiary/aromatic N) is 18. The molecule has 0 N–H and O–H groups in total. The summed E-state index contributed by atoms with van der Waals surface area (Å²) in [7, 11) is 12.1. The molecule has 2 unspecified atom stereocenters. The Labute approximate surface area is 829 Å². The third-order valence-electron chi connectivity index (χ3n) is 34.5. The summed E-state index contributed by atoms with van der Waals surface area (Å²) in [5.74, 6) is 9.22. The van der Waals surface area contributed by atoms with Gasteiger partial charge in [0, 0.05) is 51.8 Å². The zero-order valence-electron chi connectivity index (χ0n) is 97.9. The number of hydrogen-bond acceptors (Lipinski definition) is 6. The summed E-state index contributed by atoms with van der Waals surface area (Å²) in [5.41, 5.74) is 25.2. The second kappa shape index (κ2) is 33.0. The van der Waals surface area contributed by atoms with E-state index in [1.807, 2.05) is 138 Å². The van der Waals surface area contributed by atoms with Crippen molar-refractivity contribution in [3.63, 3.8) is 0 Å². The molecular formula is C119H154N18+6. The average Bonchev–Trinajstić information content (AvgIpc) is 1.12. The number of aryl methyl sites for hydroxylation is 13. The Morgan fingerprint density at radius 3 is 0.774 bits per heavy atom. The monoisotopic (exact) mass is 1840 g/mol. The van der Waals surface area contributed by atoms with Crippen LogP contribution in [0.1, 0.15) is 308 Å². The smallest absolute Gasteiger partial charge is 0.154 e. The molecule has 0 spiro atoms. The normalized spacial score (nSPS) is 20.3. The molecule has 15 aromatic rings. The average molecular weight is 1850 g/mol. The van der Waals surface area contributed by atoms with Gasteiger partial charge < -0.3 is 0 Å². The minimum absolute atomic E-state index is 0.00331. The number of rotatable bonds is 3. The van der Waals surface area contributed by atoms with Gasteiger partial charge in [0.05, 0.1) is 83.3 Å². The Morgan fingerprint density at radius 2 is 0.474 bits per heavy atom. The molecule has 0 aliphatic carbocycles. The summed E-state index contributed by atoms with van der Waals surface area (Å²) in [6.07, 6.45) is 3.60. The first-order valence-corrected chi connectivity index (χ1v) is 48.6. The van der Waals surface area contributed by atoms with Gasteiger partial charge in [-0.3, -0.25) is 0 Å². The summed E-state index contributed by atoms with van der Waals surface area (Å²) in [5, 5.41) is 0. The predicted molar refractivity (Wildman–Crippen MR) is 553 cm³/mol. The van der Waals surface area contributed by atoms with Crippen molar-refractivity contribution in [2.45, 2.75) is 307 Å². The van der Waals surface area contributed by atoms with Crippen molar-refractivity contribution in [1.82, 2.24) is 58.0 Å². The molecule has 0 bridgehead atoms. The van der Waals surface area contributed by atoms with Gasteiger partial charge in [-0.05, 0) is 307 Å². The van der Waals surface area contributed by atoms with Crippen LogP contribution in [0, 0.1) is 76.1 Å². The molecule has 714 valence electrons. The molecule has 0 saturated carbocycles. The summed E-state index contributed by atoms with van der Waals surface area (Å²) in [6, 6.07) is 61.2. The zero-order valence-corrected chi connectivity index (χ0v) is 88.9. The number of benzene rings is 9. The first-order valence-electron chi connectivity index (χ1n) is 53.1. The SMILES string of the molecule is Cc1cc(C)cc(-c2nc3n([n+]2C)-c2c(C)cccc2C(C)(C)C3(C)C)c1.Cc1cccc2c1-n1c(nc(-c3ccccc3)[n+]1C)C(C)(C)C2(C)C.Cc1cccc2c1-n1c(nc[n+]1C)C(C)(C)C2(C)C.[2H]C([2H])([2H])C1(C)c2nc(C)[n+](C)n2-c2c(C)cccc2C1(C)C.[2H]C([2H])([2H])C1(C)c2nc[n+](C)n2-c2c(C)cccc2C1(C)C.[2H]C([2H])([2H])c1cc(C)cc(-c2nc3n([n+]2C)-c2c(C)cccc2C(C)(C)C3(C)C)c1. The summed E-state index contributed by atoms with van der Waals surface area (Å²) < 4.78 is 98.3. The van der Waals surface area contributed by atoms with Gasteiger partial charge in [0.15, 0.2) is 0 Å². The Bertz CT molecular complexity index is 7730. The number of fused-ring (bicyclic) bond motifs is 18. The van der Waals surface area contributed by atoms with Gasteiger partial charge in [-0.25, -0.2) is 0 Å². The van der Waals surface area contributed by atoms with Crippen molar-refractivity contribution in [3.8, 4) is 68.3 Å². The van der Waals surface area contributed by atoms with E-state index in [-0.39, 0.29) is 43.3 Å². The molecule has 18 nitrogen and oxygen atoms in total. The summed E-state index contributed by atoms with van der Waals surface area (Å²) >= 11 is 0. The van der Waals surface area contributed by atoms with Crippen LogP contribution < -0.4 is 28.1 Å². The molecular weight excluding hydrogens is 1680 g/mol. The highest BCUT2D eigenvalue weighted by molar-refractivity contribution is 5.65. The second-order valence-corrected chi connectivity index (χ2v) is 45.7. The van der Waals surface area contributed by atoms with E-state index < -0.39 is 42.2 Å². The van der Waals surface area contributed by atoms with Crippen LogP contribution in [-0.2, 0) is 107 Å². The lowest BCUT2D eigenvalue weighted by molar-refractivity contribution is -0.751. The molecule has 137 heavy (non-hydrogen) atoms. The van der Waals surface area contributed by atoms with Crippen molar-refractivity contribution in [2.24, 2.45) is 42.3 Å². The first-order chi connectivity index (χ1) is 67.3. The Kier molecular flexibility index (Phi) is 20.8. The number of hydrogen-bond donors (Lipinski definition) is 0. The first kappa shape index (κ1) is 86.4. The van der Waals surface area contributed by atoms with E-state index in [9.17, 15) is 0 Å². The third kappa shape index (κ3) is 14.5. The topological polar surface area (TPSA) is 130 Å². The van der Waals surface area contributed by atoms with Crippen LogP contribution in [0.15, 0.2) is 189 Å². The fourth-order valence-electron chi connectivity index (χ4n) is 22.2. The Morgan fingerprint density at radius 1 is 0.234 bits per heavy atom. The number of aromatic nitrogens is 18. The lowest BCUT2D eigenvalue weighted by Gasteiger charge is -2.44. The van der Waals surface area contributed by atoms with Crippen molar-refractivity contribution in [1.29, 1.82) is 0 Å². The summed E-state index contributed by atoms with van der Waals surface area (Å²) in [4.78, 5) is 29.3. The van der Waals surface area contributed by atoms with Crippen LogP contribution in [0.5, 0.6) is 0 Å². The second-order valence-electron chi connectivity index (χ2n) is 45.7. The van der Waals surface area contributed by atoms with E-state index in [1.165, 1.54) is 83.9 Å². The fourth-order valence-corrected chi connectivity index (χ4v) is 22.2. The minimum atomic E-state index is -2.17. The Balaban J connectivity index is 0.000000126. The Hall–Kier alpha value is -12.2. The van der Waals surface area contributed by atoms with Crippen LogP contribution >= 0.6 is 0 Å². The largest absolute Gasteiger partial charge is 0.351 e. The molecule has 2 atom stereocenters. The van der Waals surface area contributed by atoms with Crippen molar-refractivity contribution < 1.29 is 40.4 Å². The van der Waals surface area contributed by atoms with Crippen molar-refractivity contribution >= 4 is 0 Å². The van der Waals surface area contributed by atoms with Crippen LogP contribution in [0.3, 0.4) is 0 Å². The quantitative estimate of drug-likeness (QED) is 0.162. The third-order valence-corrected chi connectivity index (χ3v) is 34.5. The van der Waals surface area contributed by atoms with E-state index >= 15 is 0 Å². The van der Waals surface area contributed by atoms with Crippen molar-refractivity contribution in [3.05, 3.63) is 318 Å². The molecule has 0 saturated heterocycles. The molecule has 0 amide bonds. The van der Waals surface area contributed by atoms with E-state index in [0.717, 1.165) is 96.9 Å². The lowest BCUT2D eigenvalue weighted by atomic mass is 9.61. The molecule has 21 rings (SSSR count). The van der Waals surface area contributed by atoms with Gasteiger partial charge in [-0.15, -0.1) is 42.1 Å². The predicted octanol–water partition coefficient (Wildman–Crippen LogP) is 22.0. The van der Waals surface area contributed by atoms with E-state index in [0.29, 0.717) is 17.2 Å². The molecule has 18 heteroatoms. The van der Waals surface area contributed by atoms with Crippen LogP contribution in [-0.4, -0.2) is 58.0 Å². The highest BCUT2D eigenvalue weighted by Gasteiger charge is 2.60.